The van der Waals surface area contributed by atoms with Crippen LogP contribution in [0.1, 0.15) is 25.7 Å². The highest BCUT2D eigenvalue weighted by atomic mass is 32.1. The van der Waals surface area contributed by atoms with Gasteiger partial charge in [0.25, 0.3) is 0 Å². The Balaban J connectivity index is 1.37. The third kappa shape index (κ3) is 4.50. The van der Waals surface area contributed by atoms with Crippen molar-refractivity contribution >= 4 is 32.6 Å². The molecule has 4 rings (SSSR count). The molecule has 8 heteroatoms. The number of nitrogens with one attached hydrogen (secondary N) is 1. The Morgan fingerprint density at radius 3 is 2.89 bits per heavy atom. The summed E-state index contributed by atoms with van der Waals surface area (Å²) in [7, 11) is 2.17. The van der Waals surface area contributed by atoms with Gasteiger partial charge in [-0.05, 0) is 57.8 Å². The Hall–Kier alpha value is -1.64. The van der Waals surface area contributed by atoms with Crippen molar-refractivity contribution in [2.75, 3.05) is 45.1 Å². The Morgan fingerprint density at radius 1 is 1.25 bits per heavy atom. The number of anilines is 1. The number of nitrogens with zero attached hydrogens (tertiary/aromatic N) is 3. The van der Waals surface area contributed by atoms with Crippen LogP contribution in [-0.4, -0.2) is 60.5 Å². The second kappa shape index (κ2) is 8.39. The Kier molecular flexibility index (Phi) is 5.89. The molecule has 2 aliphatic heterocycles. The van der Waals surface area contributed by atoms with E-state index in [2.05, 4.69) is 27.1 Å². The van der Waals surface area contributed by atoms with Crippen molar-refractivity contribution in [3.8, 4) is 0 Å². The summed E-state index contributed by atoms with van der Waals surface area (Å²) in [5.41, 5.74) is 0.105. The fourth-order valence-corrected chi connectivity index (χ4v) is 5.35. The van der Waals surface area contributed by atoms with E-state index in [9.17, 15) is 13.6 Å². The van der Waals surface area contributed by atoms with Crippen LogP contribution in [0.15, 0.2) is 12.1 Å². The zero-order chi connectivity index (χ0) is 19.7. The molecule has 2 atom stereocenters. The van der Waals surface area contributed by atoms with Crippen LogP contribution in [0, 0.1) is 23.5 Å². The maximum atomic E-state index is 13.8. The summed E-state index contributed by atoms with van der Waals surface area (Å²) < 4.78 is 27.6. The Labute approximate surface area is 167 Å². The zero-order valence-electron chi connectivity index (χ0n) is 16.1. The normalized spacial score (nSPS) is 24.5. The molecule has 0 spiro atoms. The maximum absolute atomic E-state index is 13.8. The SMILES string of the molecule is CN1CCCC(CN2CCCC(C(=O)Nc3nc4c(F)cc(F)cc4s3)C2)C1. The second-order valence-electron chi connectivity index (χ2n) is 8.11. The highest BCUT2D eigenvalue weighted by molar-refractivity contribution is 7.22. The largest absolute Gasteiger partial charge is 0.306 e. The van der Waals surface area contributed by atoms with E-state index in [0.717, 1.165) is 56.4 Å². The first kappa shape index (κ1) is 19.7. The fourth-order valence-electron chi connectivity index (χ4n) is 4.44. The number of hydrogen-bond donors (Lipinski definition) is 1. The Morgan fingerprint density at radius 2 is 2.07 bits per heavy atom. The predicted octanol–water partition coefficient (Wildman–Crippen LogP) is 3.57. The number of fused-ring (bicyclic) bond motifs is 1. The predicted molar refractivity (Wildman–Crippen MR) is 108 cm³/mol. The smallest absolute Gasteiger partial charge is 0.230 e. The lowest BCUT2D eigenvalue weighted by Gasteiger charge is -2.37. The van der Waals surface area contributed by atoms with Gasteiger partial charge in [-0.2, -0.15) is 0 Å². The lowest BCUT2D eigenvalue weighted by molar-refractivity contribution is -0.121. The molecule has 2 saturated heterocycles. The van der Waals surface area contributed by atoms with E-state index in [1.54, 1.807) is 0 Å². The van der Waals surface area contributed by atoms with Crippen molar-refractivity contribution in [3.05, 3.63) is 23.8 Å². The number of halogens is 2. The summed E-state index contributed by atoms with van der Waals surface area (Å²) in [5, 5.41) is 3.15. The fraction of sp³-hybridized carbons (Fsp3) is 0.600. The highest BCUT2D eigenvalue weighted by Gasteiger charge is 2.29. The topological polar surface area (TPSA) is 48.5 Å². The van der Waals surface area contributed by atoms with E-state index >= 15 is 0 Å². The minimum absolute atomic E-state index is 0.0783. The van der Waals surface area contributed by atoms with Gasteiger partial charge in [-0.1, -0.05) is 11.3 Å². The van der Waals surface area contributed by atoms with Gasteiger partial charge in [-0.25, -0.2) is 13.8 Å². The number of carbonyl (C=O) groups excluding carboxylic acids is 1. The lowest BCUT2D eigenvalue weighted by atomic mass is 9.93. The zero-order valence-corrected chi connectivity index (χ0v) is 16.9. The summed E-state index contributed by atoms with van der Waals surface area (Å²) >= 11 is 1.11. The van der Waals surface area contributed by atoms with Crippen LogP contribution in [0.5, 0.6) is 0 Å². The van der Waals surface area contributed by atoms with E-state index in [-0.39, 0.29) is 17.3 Å². The number of rotatable bonds is 4. The van der Waals surface area contributed by atoms with Crippen molar-refractivity contribution in [3.63, 3.8) is 0 Å². The monoisotopic (exact) mass is 408 g/mol. The van der Waals surface area contributed by atoms with Crippen molar-refractivity contribution in [2.45, 2.75) is 25.7 Å². The third-order valence-electron chi connectivity index (χ3n) is 5.76. The third-order valence-corrected chi connectivity index (χ3v) is 6.68. The minimum atomic E-state index is -0.701. The molecule has 2 unspecified atom stereocenters. The molecular weight excluding hydrogens is 382 g/mol. The number of aromatic nitrogens is 1. The first-order chi connectivity index (χ1) is 13.5. The van der Waals surface area contributed by atoms with Crippen LogP contribution in [0.4, 0.5) is 13.9 Å². The molecule has 1 N–H and O–H groups in total. The highest BCUT2D eigenvalue weighted by Crippen LogP contribution is 2.30. The molecule has 1 aromatic carbocycles. The number of hydrogen-bond acceptors (Lipinski definition) is 5. The minimum Gasteiger partial charge on any atom is -0.306 e. The first-order valence-corrected chi connectivity index (χ1v) is 10.8. The van der Waals surface area contributed by atoms with Crippen LogP contribution in [0.2, 0.25) is 0 Å². The van der Waals surface area contributed by atoms with E-state index in [1.165, 1.54) is 25.5 Å². The number of likely N-dealkylation sites (tertiary alicyclic amines) is 2. The first-order valence-electron chi connectivity index (χ1n) is 9.95. The number of amides is 1. The molecule has 2 aliphatic rings. The summed E-state index contributed by atoms with van der Waals surface area (Å²) in [5.74, 6) is -0.840. The molecule has 152 valence electrons. The van der Waals surface area contributed by atoms with Gasteiger partial charge in [0, 0.05) is 25.7 Å². The molecule has 5 nitrogen and oxygen atoms in total. The molecule has 1 amide bonds. The number of carbonyl (C=O) groups is 1. The molecule has 0 bridgehead atoms. The number of piperidine rings is 2. The average molecular weight is 409 g/mol. The van der Waals surface area contributed by atoms with Gasteiger partial charge in [0.1, 0.15) is 11.3 Å². The summed E-state index contributed by atoms with van der Waals surface area (Å²) in [6.45, 7) is 5.13. The molecule has 28 heavy (non-hydrogen) atoms. The van der Waals surface area contributed by atoms with E-state index < -0.39 is 11.6 Å². The van der Waals surface area contributed by atoms with E-state index in [0.29, 0.717) is 15.7 Å². The second-order valence-corrected chi connectivity index (χ2v) is 9.14. The molecule has 2 aromatic rings. The molecular formula is C20H26F2N4OS. The van der Waals surface area contributed by atoms with Crippen molar-refractivity contribution in [2.24, 2.45) is 11.8 Å². The van der Waals surface area contributed by atoms with Crippen LogP contribution >= 0.6 is 11.3 Å². The summed E-state index contributed by atoms with van der Waals surface area (Å²) in [6, 6.07) is 2.06. The van der Waals surface area contributed by atoms with Crippen LogP contribution < -0.4 is 5.32 Å². The van der Waals surface area contributed by atoms with Gasteiger partial charge in [0.15, 0.2) is 10.9 Å². The van der Waals surface area contributed by atoms with Gasteiger partial charge in [0.2, 0.25) is 5.91 Å². The quantitative estimate of drug-likeness (QED) is 0.840. The summed E-state index contributed by atoms with van der Waals surface area (Å²) in [4.78, 5) is 21.7. The van der Waals surface area contributed by atoms with Gasteiger partial charge in [-0.3, -0.25) is 4.79 Å². The van der Waals surface area contributed by atoms with Crippen molar-refractivity contribution in [1.82, 2.24) is 14.8 Å². The van der Waals surface area contributed by atoms with Gasteiger partial charge < -0.3 is 15.1 Å². The van der Waals surface area contributed by atoms with Gasteiger partial charge in [-0.15, -0.1) is 0 Å². The standard InChI is InChI=1S/C20H26F2N4OS/c1-25-6-2-4-13(10-25)11-26-7-3-5-14(12-26)19(27)24-20-23-18-16(22)8-15(21)9-17(18)28-20/h8-9,13-14H,2-7,10-12H2,1H3,(H,23,24,27). The van der Waals surface area contributed by atoms with Gasteiger partial charge >= 0.3 is 0 Å². The van der Waals surface area contributed by atoms with E-state index in [4.69, 9.17) is 0 Å². The van der Waals surface area contributed by atoms with Crippen LogP contribution in [-0.2, 0) is 4.79 Å². The van der Waals surface area contributed by atoms with Crippen LogP contribution in [0.25, 0.3) is 10.2 Å². The number of benzene rings is 1. The average Bonchev–Trinajstić information content (AvgIpc) is 3.04. The summed E-state index contributed by atoms with van der Waals surface area (Å²) in [6.07, 6.45) is 4.35. The molecule has 1 aromatic heterocycles. The molecule has 3 heterocycles. The molecule has 0 saturated carbocycles. The molecule has 0 aliphatic carbocycles. The number of thiazole rings is 1. The van der Waals surface area contributed by atoms with Crippen molar-refractivity contribution in [1.29, 1.82) is 0 Å². The van der Waals surface area contributed by atoms with E-state index in [1.807, 2.05) is 0 Å². The van der Waals surface area contributed by atoms with Crippen molar-refractivity contribution < 1.29 is 13.6 Å². The van der Waals surface area contributed by atoms with Crippen LogP contribution in [0.3, 0.4) is 0 Å². The van der Waals surface area contributed by atoms with Gasteiger partial charge in [0.05, 0.1) is 10.6 Å². The molecule has 0 radical (unpaired) electrons. The molecule has 2 fully saturated rings. The Bertz CT molecular complexity index is 858. The maximum Gasteiger partial charge on any atom is 0.230 e. The lowest BCUT2D eigenvalue weighted by Crippen LogP contribution is -2.45.